The average molecular weight is 293 g/mol. The minimum Gasteiger partial charge on any atom is -0.482 e. The highest BCUT2D eigenvalue weighted by Crippen LogP contribution is 2.30. The summed E-state index contributed by atoms with van der Waals surface area (Å²) in [6, 6.07) is 4.18. The Kier molecular flexibility index (Phi) is 4.59. The second kappa shape index (κ2) is 5.58. The number of carboxylic acid groups (broad SMARTS) is 1. The predicted molar refractivity (Wildman–Crippen MR) is 66.7 cm³/mol. The summed E-state index contributed by atoms with van der Waals surface area (Å²) < 4.78 is 27.7. The molecule has 0 amide bonds. The summed E-state index contributed by atoms with van der Waals surface area (Å²) in [5.74, 6) is -0.887. The van der Waals surface area contributed by atoms with Gasteiger partial charge in [0.15, 0.2) is 6.61 Å². The van der Waals surface area contributed by atoms with Gasteiger partial charge in [0.1, 0.15) is 5.75 Å². The van der Waals surface area contributed by atoms with E-state index in [9.17, 15) is 13.2 Å². The number of carboxylic acids is 1. The van der Waals surface area contributed by atoms with Gasteiger partial charge in [-0.05, 0) is 29.7 Å². The molecule has 0 atom stereocenters. The van der Waals surface area contributed by atoms with E-state index in [0.29, 0.717) is 11.3 Å². The molecule has 7 heteroatoms. The van der Waals surface area contributed by atoms with E-state index in [0.717, 1.165) is 0 Å². The Hall–Kier alpha value is -1.27. The van der Waals surface area contributed by atoms with E-state index in [1.807, 2.05) is 13.8 Å². The number of benzene rings is 1. The highest BCUT2D eigenvalue weighted by molar-refractivity contribution is 8.13. The van der Waals surface area contributed by atoms with Gasteiger partial charge in [-0.1, -0.05) is 13.8 Å². The third-order valence-corrected chi connectivity index (χ3v) is 3.62. The van der Waals surface area contributed by atoms with Crippen LogP contribution in [0.25, 0.3) is 0 Å². The number of hydrogen-bond donors (Lipinski definition) is 1. The lowest BCUT2D eigenvalue weighted by molar-refractivity contribution is -0.139. The van der Waals surface area contributed by atoms with Gasteiger partial charge in [-0.25, -0.2) is 13.2 Å². The summed E-state index contributed by atoms with van der Waals surface area (Å²) >= 11 is 0. The first-order chi connectivity index (χ1) is 8.21. The summed E-state index contributed by atoms with van der Waals surface area (Å²) in [4.78, 5) is 10.4. The summed E-state index contributed by atoms with van der Waals surface area (Å²) in [5.41, 5.74) is 0.493. The molecule has 1 aromatic carbocycles. The molecule has 0 unspecified atom stereocenters. The first-order valence-corrected chi connectivity index (χ1v) is 7.46. The standard InChI is InChI=1S/C11H13ClO5S/c1-7(2)9-5-8(17-6-11(13)14)3-4-10(9)18(12,15)16/h3-5,7H,6H2,1-2H3,(H,13,14). The lowest BCUT2D eigenvalue weighted by Gasteiger charge is -2.12. The maximum atomic E-state index is 11.4. The Labute approximate surface area is 110 Å². The molecule has 0 saturated heterocycles. The van der Waals surface area contributed by atoms with E-state index < -0.39 is 21.6 Å². The minimum atomic E-state index is -3.83. The quantitative estimate of drug-likeness (QED) is 0.842. The van der Waals surface area contributed by atoms with E-state index >= 15 is 0 Å². The zero-order chi connectivity index (χ0) is 13.9. The van der Waals surface area contributed by atoms with Crippen LogP contribution in [0.3, 0.4) is 0 Å². The number of aliphatic carboxylic acids is 1. The second-order valence-electron chi connectivity index (χ2n) is 3.97. The molecule has 0 saturated carbocycles. The van der Waals surface area contributed by atoms with Crippen molar-refractivity contribution in [3.05, 3.63) is 23.8 Å². The SMILES string of the molecule is CC(C)c1cc(OCC(=O)O)ccc1S(=O)(=O)Cl. The molecular formula is C11H13ClO5S. The van der Waals surface area contributed by atoms with Gasteiger partial charge in [-0.15, -0.1) is 0 Å². The number of rotatable bonds is 5. The molecule has 0 aliphatic rings. The van der Waals surface area contributed by atoms with Crippen LogP contribution in [-0.2, 0) is 13.8 Å². The molecule has 1 rings (SSSR count). The van der Waals surface area contributed by atoms with Crippen LogP contribution >= 0.6 is 10.7 Å². The molecule has 5 nitrogen and oxygen atoms in total. The second-order valence-corrected chi connectivity index (χ2v) is 6.51. The largest absolute Gasteiger partial charge is 0.482 e. The fourth-order valence-electron chi connectivity index (χ4n) is 1.43. The monoisotopic (exact) mass is 292 g/mol. The lowest BCUT2D eigenvalue weighted by Crippen LogP contribution is -2.10. The molecule has 0 radical (unpaired) electrons. The van der Waals surface area contributed by atoms with Gasteiger partial charge in [0.25, 0.3) is 9.05 Å². The molecule has 1 N–H and O–H groups in total. The van der Waals surface area contributed by atoms with Crippen molar-refractivity contribution in [1.29, 1.82) is 0 Å². The average Bonchev–Trinajstić information content (AvgIpc) is 2.24. The fraction of sp³-hybridized carbons (Fsp3) is 0.364. The normalized spacial score (nSPS) is 11.6. The van der Waals surface area contributed by atoms with Crippen molar-refractivity contribution in [2.75, 3.05) is 6.61 Å². The predicted octanol–water partition coefficient (Wildman–Crippen LogP) is 2.20. The molecule has 0 heterocycles. The van der Waals surface area contributed by atoms with Crippen molar-refractivity contribution in [3.8, 4) is 5.75 Å². The third-order valence-electron chi connectivity index (χ3n) is 2.23. The van der Waals surface area contributed by atoms with Crippen LogP contribution in [-0.4, -0.2) is 26.1 Å². The molecular weight excluding hydrogens is 280 g/mol. The van der Waals surface area contributed by atoms with Crippen molar-refractivity contribution in [2.24, 2.45) is 0 Å². The van der Waals surface area contributed by atoms with Crippen LogP contribution < -0.4 is 4.74 Å². The maximum Gasteiger partial charge on any atom is 0.341 e. The third kappa shape index (κ3) is 3.89. The minimum absolute atomic E-state index is 0.0156. The van der Waals surface area contributed by atoms with Gasteiger partial charge in [0.2, 0.25) is 0 Å². The molecule has 0 bridgehead atoms. The van der Waals surface area contributed by atoms with Gasteiger partial charge in [0.05, 0.1) is 4.90 Å². The summed E-state index contributed by atoms with van der Waals surface area (Å²) in [6.07, 6.45) is 0. The van der Waals surface area contributed by atoms with Crippen molar-refractivity contribution in [3.63, 3.8) is 0 Å². The van der Waals surface area contributed by atoms with Gasteiger partial charge in [-0.2, -0.15) is 0 Å². The molecule has 0 spiro atoms. The Morgan fingerprint density at radius 1 is 1.44 bits per heavy atom. The molecule has 100 valence electrons. The highest BCUT2D eigenvalue weighted by atomic mass is 35.7. The summed E-state index contributed by atoms with van der Waals surface area (Å²) in [6.45, 7) is 3.13. The Morgan fingerprint density at radius 2 is 2.06 bits per heavy atom. The van der Waals surface area contributed by atoms with Gasteiger partial charge in [-0.3, -0.25) is 0 Å². The Morgan fingerprint density at radius 3 is 2.50 bits per heavy atom. The first-order valence-electron chi connectivity index (χ1n) is 5.15. The van der Waals surface area contributed by atoms with E-state index in [1.54, 1.807) is 0 Å². The molecule has 18 heavy (non-hydrogen) atoms. The molecule has 0 aliphatic heterocycles. The van der Waals surface area contributed by atoms with Crippen LogP contribution in [0.4, 0.5) is 0 Å². The molecule has 1 aromatic rings. The molecule has 0 fully saturated rings. The van der Waals surface area contributed by atoms with E-state index in [2.05, 4.69) is 0 Å². The Balaban J connectivity index is 3.16. The van der Waals surface area contributed by atoms with Crippen LogP contribution in [0.1, 0.15) is 25.3 Å². The number of hydrogen-bond acceptors (Lipinski definition) is 4. The van der Waals surface area contributed by atoms with E-state index in [1.165, 1.54) is 18.2 Å². The van der Waals surface area contributed by atoms with Gasteiger partial charge < -0.3 is 9.84 Å². The van der Waals surface area contributed by atoms with Gasteiger partial charge in [0, 0.05) is 10.7 Å². The van der Waals surface area contributed by atoms with Gasteiger partial charge >= 0.3 is 5.97 Å². The van der Waals surface area contributed by atoms with Crippen molar-refractivity contribution in [2.45, 2.75) is 24.7 Å². The summed E-state index contributed by atoms with van der Waals surface area (Å²) in [7, 11) is 1.50. The van der Waals surface area contributed by atoms with E-state index in [-0.39, 0.29) is 10.8 Å². The maximum absolute atomic E-state index is 11.4. The topological polar surface area (TPSA) is 80.7 Å². The molecule has 0 aliphatic carbocycles. The molecule has 0 aromatic heterocycles. The first kappa shape index (κ1) is 14.8. The smallest absolute Gasteiger partial charge is 0.341 e. The summed E-state index contributed by atoms with van der Waals surface area (Å²) in [5, 5.41) is 8.50. The lowest BCUT2D eigenvalue weighted by atomic mass is 10.0. The van der Waals surface area contributed by atoms with Crippen molar-refractivity contribution in [1.82, 2.24) is 0 Å². The fourth-order valence-corrected chi connectivity index (χ4v) is 2.66. The van der Waals surface area contributed by atoms with Crippen LogP contribution in [0.5, 0.6) is 5.75 Å². The number of halogens is 1. The van der Waals surface area contributed by atoms with Crippen LogP contribution in [0.2, 0.25) is 0 Å². The van der Waals surface area contributed by atoms with Crippen molar-refractivity contribution < 1.29 is 23.1 Å². The zero-order valence-corrected chi connectivity index (χ0v) is 11.5. The van der Waals surface area contributed by atoms with Crippen LogP contribution in [0.15, 0.2) is 23.1 Å². The van der Waals surface area contributed by atoms with E-state index in [4.69, 9.17) is 20.5 Å². The number of ether oxygens (including phenoxy) is 1. The highest BCUT2D eigenvalue weighted by Gasteiger charge is 2.18. The zero-order valence-electron chi connectivity index (χ0n) is 9.88. The van der Waals surface area contributed by atoms with Crippen LogP contribution in [0, 0.1) is 0 Å². The van der Waals surface area contributed by atoms with Crippen molar-refractivity contribution >= 4 is 25.7 Å². The number of carbonyl (C=O) groups is 1. The Bertz CT molecular complexity index is 551.